The van der Waals surface area contributed by atoms with Crippen LogP contribution in [0.25, 0.3) is 0 Å². The van der Waals surface area contributed by atoms with E-state index in [1.165, 1.54) is 11.1 Å². The predicted molar refractivity (Wildman–Crippen MR) is 57.3 cm³/mol. The lowest BCUT2D eigenvalue weighted by atomic mass is 10.2. The van der Waals surface area contributed by atoms with Crippen molar-refractivity contribution in [2.24, 2.45) is 0 Å². The van der Waals surface area contributed by atoms with Crippen molar-refractivity contribution in [3.05, 3.63) is 21.9 Å². The van der Waals surface area contributed by atoms with Gasteiger partial charge in [-0.3, -0.25) is 0 Å². The highest BCUT2D eigenvalue weighted by Gasteiger charge is 1.97. The topological polar surface area (TPSA) is 21.3 Å². The van der Waals surface area contributed by atoms with Crippen LogP contribution in [-0.2, 0) is 11.3 Å². The molecule has 0 atom stereocenters. The highest BCUT2D eigenvalue weighted by Crippen LogP contribution is 2.12. The number of ether oxygens (including phenoxy) is 1. The minimum atomic E-state index is 0.805. The van der Waals surface area contributed by atoms with Crippen LogP contribution in [0.15, 0.2) is 10.8 Å². The van der Waals surface area contributed by atoms with Gasteiger partial charge in [0.05, 0.1) is 6.61 Å². The highest BCUT2D eigenvalue weighted by molar-refractivity contribution is 7.08. The van der Waals surface area contributed by atoms with E-state index in [0.29, 0.717) is 0 Å². The van der Waals surface area contributed by atoms with Crippen molar-refractivity contribution < 1.29 is 4.74 Å². The number of hydrogen-bond donors (Lipinski definition) is 1. The molecule has 0 aliphatic carbocycles. The molecule has 13 heavy (non-hydrogen) atoms. The normalized spacial score (nSPS) is 10.6. The van der Waals surface area contributed by atoms with E-state index in [4.69, 9.17) is 4.74 Å². The molecule has 0 amide bonds. The third-order valence-electron chi connectivity index (χ3n) is 1.90. The zero-order valence-electron chi connectivity index (χ0n) is 8.30. The van der Waals surface area contributed by atoms with Crippen molar-refractivity contribution >= 4 is 11.3 Å². The van der Waals surface area contributed by atoms with Gasteiger partial charge in [0.1, 0.15) is 0 Å². The fraction of sp³-hybridized carbons (Fsp3) is 0.600. The monoisotopic (exact) mass is 199 g/mol. The third-order valence-corrected chi connectivity index (χ3v) is 2.81. The maximum atomic E-state index is 5.22. The first-order valence-corrected chi connectivity index (χ1v) is 5.59. The average Bonchev–Trinajstić information content (AvgIpc) is 2.52. The van der Waals surface area contributed by atoms with Crippen molar-refractivity contribution in [2.75, 3.05) is 19.8 Å². The lowest BCUT2D eigenvalue weighted by Gasteiger charge is -2.04. The summed E-state index contributed by atoms with van der Waals surface area (Å²) in [6.45, 7) is 7.67. The molecule has 0 unspecified atom stereocenters. The predicted octanol–water partition coefficient (Wildman–Crippen LogP) is 2.18. The van der Waals surface area contributed by atoms with Gasteiger partial charge in [0, 0.05) is 19.7 Å². The average molecular weight is 199 g/mol. The van der Waals surface area contributed by atoms with Gasteiger partial charge in [0.2, 0.25) is 0 Å². The Labute approximate surface area is 83.9 Å². The molecule has 0 bridgehead atoms. The third kappa shape index (κ3) is 3.89. The van der Waals surface area contributed by atoms with E-state index in [1.807, 2.05) is 6.92 Å². The molecule has 1 rings (SSSR count). The molecule has 3 heteroatoms. The molecule has 74 valence electrons. The first kappa shape index (κ1) is 10.7. The molecule has 0 aliphatic rings. The Bertz CT molecular complexity index is 235. The lowest BCUT2D eigenvalue weighted by Crippen LogP contribution is -2.19. The summed E-state index contributed by atoms with van der Waals surface area (Å²) in [7, 11) is 0. The zero-order valence-corrected chi connectivity index (χ0v) is 9.12. The summed E-state index contributed by atoms with van der Waals surface area (Å²) in [6, 6.07) is 0. The molecule has 0 fully saturated rings. The van der Waals surface area contributed by atoms with Gasteiger partial charge in [0.25, 0.3) is 0 Å². The molecule has 1 aromatic heterocycles. The maximum Gasteiger partial charge on any atom is 0.0590 e. The summed E-state index contributed by atoms with van der Waals surface area (Å²) < 4.78 is 5.22. The number of thiophene rings is 1. The second-order valence-electron chi connectivity index (χ2n) is 2.95. The molecular formula is C10H17NOS. The van der Waals surface area contributed by atoms with Gasteiger partial charge in [-0.2, -0.15) is 11.3 Å². The Kier molecular flexibility index (Phi) is 5.05. The Morgan fingerprint density at radius 1 is 1.46 bits per heavy atom. The van der Waals surface area contributed by atoms with Gasteiger partial charge in [-0.25, -0.2) is 0 Å². The molecule has 0 saturated carbocycles. The zero-order chi connectivity index (χ0) is 9.52. The van der Waals surface area contributed by atoms with Crippen LogP contribution < -0.4 is 5.32 Å². The minimum Gasteiger partial charge on any atom is -0.380 e. The van der Waals surface area contributed by atoms with Crippen molar-refractivity contribution in [2.45, 2.75) is 20.4 Å². The summed E-state index contributed by atoms with van der Waals surface area (Å²) in [6.07, 6.45) is 0. The molecule has 0 aliphatic heterocycles. The van der Waals surface area contributed by atoms with Crippen molar-refractivity contribution in [3.63, 3.8) is 0 Å². The maximum absolute atomic E-state index is 5.22. The van der Waals surface area contributed by atoms with Crippen LogP contribution in [0.5, 0.6) is 0 Å². The van der Waals surface area contributed by atoms with Gasteiger partial charge in [-0.15, -0.1) is 0 Å². The molecule has 0 radical (unpaired) electrons. The fourth-order valence-corrected chi connectivity index (χ4v) is 1.94. The number of nitrogens with one attached hydrogen (secondary N) is 1. The van der Waals surface area contributed by atoms with Crippen LogP contribution in [0.3, 0.4) is 0 Å². The molecule has 0 saturated heterocycles. The van der Waals surface area contributed by atoms with Crippen LogP contribution in [0, 0.1) is 6.92 Å². The van der Waals surface area contributed by atoms with E-state index in [9.17, 15) is 0 Å². The van der Waals surface area contributed by atoms with Crippen LogP contribution in [0.4, 0.5) is 0 Å². The van der Waals surface area contributed by atoms with Crippen LogP contribution in [0.1, 0.15) is 18.1 Å². The van der Waals surface area contributed by atoms with E-state index in [1.54, 1.807) is 11.3 Å². The minimum absolute atomic E-state index is 0.805. The first-order valence-electron chi connectivity index (χ1n) is 4.64. The van der Waals surface area contributed by atoms with E-state index in [-0.39, 0.29) is 0 Å². The number of aryl methyl sites for hydroxylation is 1. The molecular weight excluding hydrogens is 182 g/mol. The van der Waals surface area contributed by atoms with Gasteiger partial charge in [-0.1, -0.05) is 0 Å². The summed E-state index contributed by atoms with van der Waals surface area (Å²) in [5.74, 6) is 0. The van der Waals surface area contributed by atoms with Crippen LogP contribution >= 0.6 is 11.3 Å². The molecule has 1 heterocycles. The molecule has 0 aromatic carbocycles. The van der Waals surface area contributed by atoms with Crippen LogP contribution in [-0.4, -0.2) is 19.8 Å². The molecule has 2 nitrogen and oxygen atoms in total. The SMILES string of the molecule is CCOCCNCc1cscc1C. The second kappa shape index (κ2) is 6.13. The van der Waals surface area contributed by atoms with E-state index >= 15 is 0 Å². The molecule has 1 N–H and O–H groups in total. The van der Waals surface area contributed by atoms with Gasteiger partial charge in [-0.05, 0) is 35.7 Å². The first-order chi connectivity index (χ1) is 6.34. The van der Waals surface area contributed by atoms with Crippen LogP contribution in [0.2, 0.25) is 0 Å². The van der Waals surface area contributed by atoms with E-state index in [2.05, 4.69) is 23.0 Å². The van der Waals surface area contributed by atoms with Gasteiger partial charge >= 0.3 is 0 Å². The Morgan fingerprint density at radius 3 is 2.92 bits per heavy atom. The van der Waals surface area contributed by atoms with Crippen molar-refractivity contribution in [1.82, 2.24) is 5.32 Å². The van der Waals surface area contributed by atoms with E-state index < -0.39 is 0 Å². The summed E-state index contributed by atoms with van der Waals surface area (Å²) in [5, 5.41) is 7.72. The Morgan fingerprint density at radius 2 is 2.31 bits per heavy atom. The largest absolute Gasteiger partial charge is 0.380 e. The van der Waals surface area contributed by atoms with Gasteiger partial charge in [0.15, 0.2) is 0 Å². The van der Waals surface area contributed by atoms with Gasteiger partial charge < -0.3 is 10.1 Å². The standard InChI is InChI=1S/C10H17NOS/c1-3-12-5-4-11-6-10-8-13-7-9(10)2/h7-8,11H,3-6H2,1-2H3. The summed E-state index contributed by atoms with van der Waals surface area (Å²) >= 11 is 1.76. The van der Waals surface area contributed by atoms with E-state index in [0.717, 1.165) is 26.3 Å². The Hall–Kier alpha value is -0.380. The fourth-order valence-electron chi connectivity index (χ4n) is 1.08. The second-order valence-corrected chi connectivity index (χ2v) is 3.70. The summed E-state index contributed by atoms with van der Waals surface area (Å²) in [4.78, 5) is 0. The lowest BCUT2D eigenvalue weighted by molar-refractivity contribution is 0.149. The summed E-state index contributed by atoms with van der Waals surface area (Å²) in [5.41, 5.74) is 2.79. The highest BCUT2D eigenvalue weighted by atomic mass is 32.1. The quantitative estimate of drug-likeness (QED) is 0.709. The number of rotatable bonds is 6. The molecule has 1 aromatic rings. The smallest absolute Gasteiger partial charge is 0.0590 e. The Balaban J connectivity index is 2.10. The molecule has 0 spiro atoms. The van der Waals surface area contributed by atoms with Crippen molar-refractivity contribution in [3.8, 4) is 0 Å². The van der Waals surface area contributed by atoms with Crippen molar-refractivity contribution in [1.29, 1.82) is 0 Å². The number of hydrogen-bond acceptors (Lipinski definition) is 3.